The molecule has 15 heavy (non-hydrogen) atoms. The van der Waals surface area contributed by atoms with Crippen LogP contribution in [0.5, 0.6) is 0 Å². The van der Waals surface area contributed by atoms with E-state index >= 15 is 0 Å². The lowest BCUT2D eigenvalue weighted by Gasteiger charge is -2.09. The fourth-order valence-corrected chi connectivity index (χ4v) is 1.27. The molecular formula is C9H7BrF3NO. The van der Waals surface area contributed by atoms with E-state index in [1.807, 2.05) is 0 Å². The summed E-state index contributed by atoms with van der Waals surface area (Å²) < 4.78 is 36.2. The molecule has 0 saturated carbocycles. The van der Waals surface area contributed by atoms with Gasteiger partial charge < -0.3 is 5.32 Å². The molecule has 0 spiro atoms. The molecule has 1 amide bonds. The van der Waals surface area contributed by atoms with Gasteiger partial charge in [-0.25, -0.2) is 0 Å². The molecule has 0 radical (unpaired) electrons. The largest absolute Gasteiger partial charge is 0.471 e. The van der Waals surface area contributed by atoms with Crippen molar-refractivity contribution < 1.29 is 18.0 Å². The summed E-state index contributed by atoms with van der Waals surface area (Å²) in [5.74, 6) is -1.98. The highest BCUT2D eigenvalue weighted by molar-refractivity contribution is 9.10. The maximum absolute atomic E-state index is 11.9. The Morgan fingerprint density at radius 3 is 2.53 bits per heavy atom. The van der Waals surface area contributed by atoms with Crippen LogP contribution in [-0.2, 0) is 4.79 Å². The Bertz CT molecular complexity index is 389. The molecule has 0 atom stereocenters. The number of rotatable bonds is 1. The fraction of sp³-hybridized carbons (Fsp3) is 0.222. The average molecular weight is 282 g/mol. The Hall–Kier alpha value is -1.04. The SMILES string of the molecule is Cc1ccc(Br)c(NC(=O)C(F)(F)F)c1. The van der Waals surface area contributed by atoms with Crippen molar-refractivity contribution in [2.45, 2.75) is 13.1 Å². The molecule has 1 rings (SSSR count). The summed E-state index contributed by atoms with van der Waals surface area (Å²) in [6.45, 7) is 1.72. The number of hydrogen-bond acceptors (Lipinski definition) is 1. The van der Waals surface area contributed by atoms with Crippen LogP contribution in [-0.4, -0.2) is 12.1 Å². The molecule has 0 aliphatic heterocycles. The third-order valence-corrected chi connectivity index (χ3v) is 2.32. The first-order valence-electron chi connectivity index (χ1n) is 3.95. The molecule has 0 bridgehead atoms. The second-order valence-electron chi connectivity index (χ2n) is 2.94. The maximum Gasteiger partial charge on any atom is 0.471 e. The molecule has 1 N–H and O–H groups in total. The Kier molecular flexibility index (Phi) is 3.38. The smallest absolute Gasteiger partial charge is 0.317 e. The zero-order valence-electron chi connectivity index (χ0n) is 7.65. The first-order valence-corrected chi connectivity index (χ1v) is 4.74. The van der Waals surface area contributed by atoms with E-state index < -0.39 is 12.1 Å². The molecule has 1 aromatic rings. The normalized spacial score (nSPS) is 11.3. The molecule has 0 aromatic heterocycles. The molecule has 0 aliphatic rings. The summed E-state index contributed by atoms with van der Waals surface area (Å²) in [6.07, 6.45) is -4.87. The number of amides is 1. The van der Waals surface area contributed by atoms with Crippen LogP contribution in [0, 0.1) is 6.92 Å². The molecule has 0 unspecified atom stereocenters. The van der Waals surface area contributed by atoms with Gasteiger partial charge in [0.15, 0.2) is 0 Å². The second-order valence-corrected chi connectivity index (χ2v) is 3.79. The van der Waals surface area contributed by atoms with Gasteiger partial charge in [-0.05, 0) is 40.5 Å². The van der Waals surface area contributed by atoms with Crippen LogP contribution in [0.25, 0.3) is 0 Å². The highest BCUT2D eigenvalue weighted by Gasteiger charge is 2.38. The van der Waals surface area contributed by atoms with Crippen molar-refractivity contribution in [1.29, 1.82) is 0 Å². The number of anilines is 1. The van der Waals surface area contributed by atoms with Gasteiger partial charge in [0.1, 0.15) is 0 Å². The lowest BCUT2D eigenvalue weighted by molar-refractivity contribution is -0.167. The van der Waals surface area contributed by atoms with E-state index in [9.17, 15) is 18.0 Å². The summed E-state index contributed by atoms with van der Waals surface area (Å²) in [4.78, 5) is 10.6. The molecular weight excluding hydrogens is 275 g/mol. The standard InChI is InChI=1S/C9H7BrF3NO/c1-5-2-3-6(10)7(4-5)14-8(15)9(11,12)13/h2-4H,1H3,(H,14,15). The summed E-state index contributed by atoms with van der Waals surface area (Å²) in [5.41, 5.74) is 0.869. The zero-order chi connectivity index (χ0) is 11.6. The van der Waals surface area contributed by atoms with Crippen molar-refractivity contribution in [3.63, 3.8) is 0 Å². The first-order chi connectivity index (χ1) is 6.80. The quantitative estimate of drug-likeness (QED) is 0.841. The Morgan fingerprint density at radius 2 is 2.00 bits per heavy atom. The predicted octanol–water partition coefficient (Wildman–Crippen LogP) is 3.26. The minimum absolute atomic E-state index is 0.109. The van der Waals surface area contributed by atoms with E-state index in [1.54, 1.807) is 24.4 Å². The van der Waals surface area contributed by atoms with E-state index in [0.29, 0.717) is 4.47 Å². The molecule has 0 heterocycles. The summed E-state index contributed by atoms with van der Waals surface area (Å²) >= 11 is 3.04. The zero-order valence-corrected chi connectivity index (χ0v) is 9.24. The number of halogens is 4. The van der Waals surface area contributed by atoms with Gasteiger partial charge in [-0.1, -0.05) is 6.07 Å². The van der Waals surface area contributed by atoms with Crippen LogP contribution in [0.2, 0.25) is 0 Å². The van der Waals surface area contributed by atoms with Crippen molar-refractivity contribution in [3.8, 4) is 0 Å². The topological polar surface area (TPSA) is 29.1 Å². The Balaban J connectivity index is 2.90. The van der Waals surface area contributed by atoms with Crippen LogP contribution in [0.4, 0.5) is 18.9 Å². The number of carbonyl (C=O) groups excluding carboxylic acids is 1. The van der Waals surface area contributed by atoms with Crippen molar-refractivity contribution in [3.05, 3.63) is 28.2 Å². The second kappa shape index (κ2) is 4.22. The van der Waals surface area contributed by atoms with Crippen LogP contribution in [0.1, 0.15) is 5.56 Å². The third-order valence-electron chi connectivity index (χ3n) is 1.63. The van der Waals surface area contributed by atoms with Gasteiger partial charge in [0.25, 0.3) is 0 Å². The molecule has 0 saturated heterocycles. The number of nitrogens with one attached hydrogen (secondary N) is 1. The lowest BCUT2D eigenvalue weighted by atomic mass is 10.2. The molecule has 0 aliphatic carbocycles. The molecule has 82 valence electrons. The highest BCUT2D eigenvalue weighted by Crippen LogP contribution is 2.25. The van der Waals surface area contributed by atoms with E-state index in [4.69, 9.17) is 0 Å². The number of alkyl halides is 3. The van der Waals surface area contributed by atoms with Crippen molar-refractivity contribution in [2.24, 2.45) is 0 Å². The van der Waals surface area contributed by atoms with E-state index in [0.717, 1.165) is 5.56 Å². The summed E-state index contributed by atoms with van der Waals surface area (Å²) in [6, 6.07) is 4.74. The predicted molar refractivity (Wildman–Crippen MR) is 53.6 cm³/mol. The molecule has 2 nitrogen and oxygen atoms in total. The number of hydrogen-bond donors (Lipinski definition) is 1. The highest BCUT2D eigenvalue weighted by atomic mass is 79.9. The Morgan fingerprint density at radius 1 is 1.40 bits per heavy atom. The van der Waals surface area contributed by atoms with Crippen molar-refractivity contribution >= 4 is 27.5 Å². The van der Waals surface area contributed by atoms with Gasteiger partial charge in [0.05, 0.1) is 5.69 Å². The van der Waals surface area contributed by atoms with E-state index in [-0.39, 0.29) is 5.69 Å². The maximum atomic E-state index is 11.9. The van der Waals surface area contributed by atoms with Gasteiger partial charge in [0.2, 0.25) is 0 Å². The van der Waals surface area contributed by atoms with E-state index in [1.165, 1.54) is 6.07 Å². The van der Waals surface area contributed by atoms with Gasteiger partial charge in [0, 0.05) is 4.47 Å². The first kappa shape index (κ1) is 12.0. The number of aryl methyl sites for hydroxylation is 1. The fourth-order valence-electron chi connectivity index (χ4n) is 0.928. The van der Waals surface area contributed by atoms with Gasteiger partial charge in [-0.2, -0.15) is 13.2 Å². The van der Waals surface area contributed by atoms with Crippen molar-refractivity contribution in [1.82, 2.24) is 0 Å². The van der Waals surface area contributed by atoms with Crippen LogP contribution in [0.3, 0.4) is 0 Å². The van der Waals surface area contributed by atoms with Crippen molar-refractivity contribution in [2.75, 3.05) is 5.32 Å². The van der Waals surface area contributed by atoms with Crippen LogP contribution < -0.4 is 5.32 Å². The van der Waals surface area contributed by atoms with Gasteiger partial charge >= 0.3 is 12.1 Å². The number of carbonyl (C=O) groups is 1. The molecule has 1 aromatic carbocycles. The monoisotopic (exact) mass is 281 g/mol. The lowest BCUT2D eigenvalue weighted by Crippen LogP contribution is -2.30. The molecule has 6 heteroatoms. The minimum atomic E-state index is -4.87. The van der Waals surface area contributed by atoms with E-state index in [2.05, 4.69) is 15.9 Å². The van der Waals surface area contributed by atoms with Crippen LogP contribution in [0.15, 0.2) is 22.7 Å². The molecule has 0 fully saturated rings. The van der Waals surface area contributed by atoms with Crippen LogP contribution >= 0.6 is 15.9 Å². The summed E-state index contributed by atoms with van der Waals surface area (Å²) in [5, 5.41) is 1.78. The van der Waals surface area contributed by atoms with Gasteiger partial charge in [-0.3, -0.25) is 4.79 Å². The Labute approximate surface area is 92.6 Å². The number of benzene rings is 1. The minimum Gasteiger partial charge on any atom is -0.317 e. The average Bonchev–Trinajstić information content (AvgIpc) is 2.09. The third kappa shape index (κ3) is 3.23. The summed E-state index contributed by atoms with van der Waals surface area (Å²) in [7, 11) is 0. The van der Waals surface area contributed by atoms with Gasteiger partial charge in [-0.15, -0.1) is 0 Å².